The van der Waals surface area contributed by atoms with Crippen LogP contribution in [0.5, 0.6) is 0 Å². The number of carbonyl (C=O) groups excluding carboxylic acids is 1. The number of amidine groups is 1. The molecule has 6 heteroatoms. The van der Waals surface area contributed by atoms with Crippen LogP contribution in [0.3, 0.4) is 0 Å². The Hall–Kier alpha value is -3.25. The Balaban J connectivity index is 1.30. The third kappa shape index (κ3) is 4.78. The van der Waals surface area contributed by atoms with Crippen molar-refractivity contribution in [1.29, 1.82) is 0 Å². The van der Waals surface area contributed by atoms with Gasteiger partial charge >= 0.3 is 0 Å². The maximum absolute atomic E-state index is 12.4. The third-order valence-corrected chi connectivity index (χ3v) is 5.72. The van der Waals surface area contributed by atoms with Crippen molar-refractivity contribution in [1.82, 2.24) is 5.32 Å². The van der Waals surface area contributed by atoms with E-state index in [4.69, 9.17) is 5.73 Å². The minimum absolute atomic E-state index is 0.172. The number of para-hydroxylation sites is 2. The van der Waals surface area contributed by atoms with Gasteiger partial charge in [-0.3, -0.25) is 9.79 Å². The molecular weight excluding hydrogens is 380 g/mol. The molecule has 0 spiro atoms. The molecule has 0 unspecified atom stereocenters. The largest absolute Gasteiger partial charge is 0.397 e. The van der Waals surface area contributed by atoms with E-state index in [1.54, 1.807) is 23.9 Å². The summed E-state index contributed by atoms with van der Waals surface area (Å²) in [6, 6.07) is 25.4. The van der Waals surface area contributed by atoms with Gasteiger partial charge < -0.3 is 16.4 Å². The zero-order valence-corrected chi connectivity index (χ0v) is 16.7. The first kappa shape index (κ1) is 19.1. The number of rotatable bonds is 5. The van der Waals surface area contributed by atoms with Crippen molar-refractivity contribution in [3.63, 3.8) is 0 Å². The molecule has 146 valence electrons. The lowest BCUT2D eigenvalue weighted by atomic mass is 10.1. The molecule has 29 heavy (non-hydrogen) atoms. The van der Waals surface area contributed by atoms with Gasteiger partial charge in [-0.2, -0.15) is 0 Å². The third-order valence-electron chi connectivity index (χ3n) is 4.72. The van der Waals surface area contributed by atoms with Crippen LogP contribution in [0.25, 0.3) is 0 Å². The fraction of sp³-hybridized carbons (Fsp3) is 0.130. The Morgan fingerprint density at radius 3 is 2.52 bits per heavy atom. The molecule has 0 saturated heterocycles. The highest BCUT2D eigenvalue weighted by Gasteiger charge is 2.19. The second kappa shape index (κ2) is 8.84. The minimum atomic E-state index is -0.172. The molecule has 0 radical (unpaired) electrons. The molecule has 3 aromatic carbocycles. The van der Waals surface area contributed by atoms with E-state index in [0.717, 1.165) is 23.0 Å². The topological polar surface area (TPSA) is 79.5 Å². The van der Waals surface area contributed by atoms with Gasteiger partial charge in [0.2, 0.25) is 0 Å². The Kier molecular flexibility index (Phi) is 5.81. The molecule has 0 fully saturated rings. The molecule has 1 aliphatic rings. The summed E-state index contributed by atoms with van der Waals surface area (Å²) in [4.78, 5) is 17.0. The molecule has 1 aliphatic heterocycles. The number of nitrogen functional groups attached to an aromatic ring is 1. The van der Waals surface area contributed by atoms with Crippen molar-refractivity contribution in [3.05, 3.63) is 95.6 Å². The van der Waals surface area contributed by atoms with Gasteiger partial charge in [-0.15, -0.1) is 0 Å². The van der Waals surface area contributed by atoms with E-state index in [1.807, 2.05) is 54.6 Å². The van der Waals surface area contributed by atoms with Crippen molar-refractivity contribution in [2.24, 2.45) is 4.99 Å². The van der Waals surface area contributed by atoms with Crippen molar-refractivity contribution in [3.8, 4) is 0 Å². The molecule has 4 rings (SSSR count). The molecule has 0 bridgehead atoms. The molecular formula is C23H22N4OS. The number of thioether (sulfide) groups is 1. The maximum Gasteiger partial charge on any atom is 0.255 e. The SMILES string of the molecule is Nc1ccccc1NC(=O)c1ccc(CSC2=NC[C@H](c3ccccc3)N2)cc1. The summed E-state index contributed by atoms with van der Waals surface area (Å²) in [6.45, 7) is 0.758. The summed E-state index contributed by atoms with van der Waals surface area (Å²) in [5.74, 6) is 0.621. The predicted octanol–water partition coefficient (Wildman–Crippen LogP) is 4.45. The average Bonchev–Trinajstić information content (AvgIpc) is 3.24. The van der Waals surface area contributed by atoms with E-state index in [2.05, 4.69) is 27.8 Å². The van der Waals surface area contributed by atoms with Crippen molar-refractivity contribution < 1.29 is 4.79 Å². The van der Waals surface area contributed by atoms with Gasteiger partial charge in [0.1, 0.15) is 0 Å². The summed E-state index contributed by atoms with van der Waals surface area (Å²) < 4.78 is 0. The molecule has 0 aliphatic carbocycles. The highest BCUT2D eigenvalue weighted by atomic mass is 32.2. The molecule has 3 aromatic rings. The summed E-state index contributed by atoms with van der Waals surface area (Å²) in [5.41, 5.74) is 10.0. The zero-order valence-electron chi connectivity index (χ0n) is 15.8. The monoisotopic (exact) mass is 402 g/mol. The van der Waals surface area contributed by atoms with Gasteiger partial charge in [-0.05, 0) is 35.4 Å². The van der Waals surface area contributed by atoms with E-state index in [0.29, 0.717) is 16.9 Å². The predicted molar refractivity (Wildman–Crippen MR) is 121 cm³/mol. The summed E-state index contributed by atoms with van der Waals surface area (Å²) in [7, 11) is 0. The Morgan fingerprint density at radius 2 is 1.76 bits per heavy atom. The molecule has 1 amide bonds. The number of anilines is 2. The smallest absolute Gasteiger partial charge is 0.255 e. The number of hydrogen-bond donors (Lipinski definition) is 3. The molecule has 4 N–H and O–H groups in total. The van der Waals surface area contributed by atoms with E-state index in [9.17, 15) is 4.79 Å². The number of nitrogens with zero attached hydrogens (tertiary/aromatic N) is 1. The maximum atomic E-state index is 12.4. The molecule has 5 nitrogen and oxygen atoms in total. The quantitative estimate of drug-likeness (QED) is 0.551. The van der Waals surface area contributed by atoms with Crippen LogP contribution in [-0.4, -0.2) is 17.6 Å². The van der Waals surface area contributed by atoms with Crippen LogP contribution in [-0.2, 0) is 5.75 Å². The fourth-order valence-electron chi connectivity index (χ4n) is 3.09. The molecule has 0 saturated carbocycles. The minimum Gasteiger partial charge on any atom is -0.397 e. The summed E-state index contributed by atoms with van der Waals surface area (Å²) in [5, 5.41) is 7.28. The first-order valence-corrected chi connectivity index (χ1v) is 10.4. The lowest BCUT2D eigenvalue weighted by molar-refractivity contribution is 0.102. The molecule has 1 heterocycles. The van der Waals surface area contributed by atoms with Gasteiger partial charge in [0, 0.05) is 11.3 Å². The van der Waals surface area contributed by atoms with Gasteiger partial charge in [0.25, 0.3) is 5.91 Å². The average molecular weight is 403 g/mol. The molecule has 1 atom stereocenters. The fourth-order valence-corrected chi connectivity index (χ4v) is 3.97. The highest BCUT2D eigenvalue weighted by molar-refractivity contribution is 8.13. The lowest BCUT2D eigenvalue weighted by Gasteiger charge is -2.12. The van der Waals surface area contributed by atoms with Crippen LogP contribution in [0.15, 0.2) is 83.9 Å². The van der Waals surface area contributed by atoms with Crippen molar-refractivity contribution >= 4 is 34.2 Å². The van der Waals surface area contributed by atoms with Gasteiger partial charge in [-0.25, -0.2) is 0 Å². The second-order valence-electron chi connectivity index (χ2n) is 6.78. The van der Waals surface area contributed by atoms with Crippen LogP contribution in [0.4, 0.5) is 11.4 Å². The zero-order chi connectivity index (χ0) is 20.1. The number of aliphatic imine (C=N–C) groups is 1. The summed E-state index contributed by atoms with van der Waals surface area (Å²) in [6.07, 6.45) is 0. The van der Waals surface area contributed by atoms with E-state index >= 15 is 0 Å². The van der Waals surface area contributed by atoms with Gasteiger partial charge in [0.05, 0.1) is 24.0 Å². The normalized spacial score (nSPS) is 15.4. The lowest BCUT2D eigenvalue weighted by Crippen LogP contribution is -2.21. The van der Waals surface area contributed by atoms with Crippen molar-refractivity contribution in [2.75, 3.05) is 17.6 Å². The van der Waals surface area contributed by atoms with Crippen LogP contribution in [0, 0.1) is 0 Å². The van der Waals surface area contributed by atoms with E-state index in [1.165, 1.54) is 5.56 Å². The van der Waals surface area contributed by atoms with E-state index in [-0.39, 0.29) is 11.9 Å². The number of nitrogens with one attached hydrogen (secondary N) is 2. The number of nitrogens with two attached hydrogens (primary N) is 1. The standard InChI is InChI=1S/C23H22N4OS/c24-19-8-4-5-9-20(19)26-22(28)18-12-10-16(11-13-18)15-29-23-25-14-21(27-23)17-6-2-1-3-7-17/h1-13,21H,14-15,24H2,(H,25,27)(H,26,28)/t21-/m1/s1. The van der Waals surface area contributed by atoms with Crippen LogP contribution in [0.1, 0.15) is 27.5 Å². The van der Waals surface area contributed by atoms with Crippen LogP contribution in [0.2, 0.25) is 0 Å². The molecule has 0 aromatic heterocycles. The Labute approximate surface area is 174 Å². The van der Waals surface area contributed by atoms with Gasteiger partial charge in [-0.1, -0.05) is 66.4 Å². The Morgan fingerprint density at radius 1 is 1.03 bits per heavy atom. The van der Waals surface area contributed by atoms with Crippen LogP contribution < -0.4 is 16.4 Å². The highest BCUT2D eigenvalue weighted by Crippen LogP contribution is 2.23. The first-order valence-electron chi connectivity index (χ1n) is 9.42. The number of carbonyl (C=O) groups is 1. The number of amides is 1. The van der Waals surface area contributed by atoms with Crippen molar-refractivity contribution in [2.45, 2.75) is 11.8 Å². The Bertz CT molecular complexity index is 1020. The summed E-state index contributed by atoms with van der Waals surface area (Å²) >= 11 is 1.68. The number of benzene rings is 3. The van der Waals surface area contributed by atoms with E-state index < -0.39 is 0 Å². The second-order valence-corrected chi connectivity index (χ2v) is 7.74. The first-order chi connectivity index (χ1) is 14.2. The number of hydrogen-bond acceptors (Lipinski definition) is 5. The van der Waals surface area contributed by atoms with Gasteiger partial charge in [0.15, 0.2) is 5.17 Å². The van der Waals surface area contributed by atoms with Crippen LogP contribution >= 0.6 is 11.8 Å².